The Hall–Kier alpha value is -2.02. The molecule has 1 aromatic rings. The fourth-order valence-corrected chi connectivity index (χ4v) is 2.49. The number of aliphatic carboxylic acids is 1. The molecule has 114 valence electrons. The molecule has 1 aromatic heterocycles. The normalized spacial score (nSPS) is 16.6. The number of amides is 1. The molecule has 2 N–H and O–H groups in total. The van der Waals surface area contributed by atoms with Crippen molar-refractivity contribution in [3.05, 3.63) is 18.5 Å². The van der Waals surface area contributed by atoms with Crippen LogP contribution >= 0.6 is 0 Å². The zero-order valence-corrected chi connectivity index (χ0v) is 11.9. The topological polar surface area (TPSA) is 95.4 Å². The van der Waals surface area contributed by atoms with Crippen LogP contribution in [0.3, 0.4) is 0 Å². The van der Waals surface area contributed by atoms with Gasteiger partial charge in [0.05, 0.1) is 6.54 Å². The Bertz CT molecular complexity index is 472. The lowest BCUT2D eigenvalue weighted by Crippen LogP contribution is -2.39. The van der Waals surface area contributed by atoms with Gasteiger partial charge in [-0.25, -0.2) is 9.97 Å². The van der Waals surface area contributed by atoms with Gasteiger partial charge in [0.25, 0.3) is 0 Å². The van der Waals surface area contributed by atoms with Gasteiger partial charge in [0.15, 0.2) is 0 Å². The van der Waals surface area contributed by atoms with E-state index < -0.39 is 5.97 Å². The molecule has 7 heteroatoms. The Kier molecular flexibility index (Phi) is 5.62. The predicted molar refractivity (Wildman–Crippen MR) is 76.7 cm³/mol. The molecule has 0 saturated carbocycles. The van der Waals surface area contributed by atoms with Crippen molar-refractivity contribution in [1.29, 1.82) is 0 Å². The molecule has 0 radical (unpaired) electrons. The number of aromatic nitrogens is 2. The zero-order chi connectivity index (χ0) is 15.1. The van der Waals surface area contributed by atoms with Gasteiger partial charge in [0.2, 0.25) is 11.9 Å². The van der Waals surface area contributed by atoms with Crippen molar-refractivity contribution in [1.82, 2.24) is 14.9 Å². The van der Waals surface area contributed by atoms with E-state index in [-0.39, 0.29) is 12.3 Å². The molecule has 0 bridgehead atoms. The first-order valence-corrected chi connectivity index (χ1v) is 7.14. The van der Waals surface area contributed by atoms with Crippen molar-refractivity contribution in [3.63, 3.8) is 0 Å². The van der Waals surface area contributed by atoms with E-state index in [0.29, 0.717) is 18.4 Å². The molecule has 7 nitrogen and oxygen atoms in total. The lowest BCUT2D eigenvalue weighted by Gasteiger charge is -2.31. The van der Waals surface area contributed by atoms with E-state index in [0.717, 1.165) is 32.4 Å². The molecule has 2 heterocycles. The molecule has 2 rings (SSSR count). The summed E-state index contributed by atoms with van der Waals surface area (Å²) in [4.78, 5) is 32.4. The van der Waals surface area contributed by atoms with Crippen molar-refractivity contribution in [2.75, 3.05) is 25.0 Å². The number of likely N-dealkylation sites (tertiary alicyclic amines) is 1. The molecule has 0 aromatic carbocycles. The maximum Gasteiger partial charge on any atom is 0.303 e. The maximum absolute atomic E-state index is 11.9. The second kappa shape index (κ2) is 7.68. The molecule has 1 aliphatic heterocycles. The highest BCUT2D eigenvalue weighted by Gasteiger charge is 2.21. The minimum atomic E-state index is -0.736. The number of carbonyl (C=O) groups excluding carboxylic acids is 1. The van der Waals surface area contributed by atoms with Crippen LogP contribution in [0.5, 0.6) is 0 Å². The summed E-state index contributed by atoms with van der Waals surface area (Å²) >= 11 is 0. The van der Waals surface area contributed by atoms with E-state index in [1.165, 1.54) is 0 Å². The molecule has 21 heavy (non-hydrogen) atoms. The lowest BCUT2D eigenvalue weighted by molar-refractivity contribution is -0.137. The molecule has 0 spiro atoms. The average Bonchev–Trinajstić information content (AvgIpc) is 2.47. The van der Waals surface area contributed by atoms with Gasteiger partial charge < -0.3 is 5.11 Å². The first-order chi connectivity index (χ1) is 10.1. The van der Waals surface area contributed by atoms with Gasteiger partial charge in [-0.15, -0.1) is 0 Å². The number of carbonyl (C=O) groups is 2. The molecule has 0 atom stereocenters. The number of rotatable bonds is 6. The van der Waals surface area contributed by atoms with Crippen LogP contribution in [0.1, 0.15) is 25.7 Å². The van der Waals surface area contributed by atoms with Crippen molar-refractivity contribution >= 4 is 17.8 Å². The van der Waals surface area contributed by atoms with Gasteiger partial charge in [-0.2, -0.15) is 0 Å². The summed E-state index contributed by atoms with van der Waals surface area (Å²) in [6.45, 7) is 1.98. The van der Waals surface area contributed by atoms with Crippen LogP contribution in [0.4, 0.5) is 5.95 Å². The highest BCUT2D eigenvalue weighted by molar-refractivity contribution is 5.90. The predicted octanol–water partition coefficient (Wildman–Crippen LogP) is 0.992. The Morgan fingerprint density at radius 1 is 1.29 bits per heavy atom. The summed E-state index contributed by atoms with van der Waals surface area (Å²) < 4.78 is 0. The summed E-state index contributed by atoms with van der Waals surface area (Å²) in [5.41, 5.74) is 0. The van der Waals surface area contributed by atoms with Gasteiger partial charge in [-0.05, 0) is 44.3 Å². The Balaban J connectivity index is 1.68. The number of piperidine rings is 1. The van der Waals surface area contributed by atoms with Gasteiger partial charge in [-0.1, -0.05) is 0 Å². The lowest BCUT2D eigenvalue weighted by atomic mass is 9.92. The summed E-state index contributed by atoms with van der Waals surface area (Å²) in [6, 6.07) is 1.69. The van der Waals surface area contributed by atoms with Crippen LogP contribution in [0, 0.1) is 5.92 Å². The summed E-state index contributed by atoms with van der Waals surface area (Å²) in [6.07, 6.45) is 6.02. The average molecular weight is 292 g/mol. The van der Waals surface area contributed by atoms with E-state index in [2.05, 4.69) is 20.2 Å². The fraction of sp³-hybridized carbons (Fsp3) is 0.571. The monoisotopic (exact) mass is 292 g/mol. The van der Waals surface area contributed by atoms with Crippen molar-refractivity contribution in [3.8, 4) is 0 Å². The van der Waals surface area contributed by atoms with E-state index in [4.69, 9.17) is 5.11 Å². The Morgan fingerprint density at radius 2 is 1.95 bits per heavy atom. The van der Waals surface area contributed by atoms with Crippen LogP contribution in [-0.2, 0) is 9.59 Å². The third-order valence-corrected chi connectivity index (χ3v) is 3.66. The van der Waals surface area contributed by atoms with Crippen LogP contribution in [0.2, 0.25) is 0 Å². The number of hydrogen-bond donors (Lipinski definition) is 2. The minimum Gasteiger partial charge on any atom is -0.481 e. The molecule has 0 aliphatic carbocycles. The van der Waals surface area contributed by atoms with E-state index in [1.54, 1.807) is 18.5 Å². The Labute approximate surface area is 123 Å². The molecular weight excluding hydrogens is 272 g/mol. The number of carboxylic acid groups (broad SMARTS) is 1. The highest BCUT2D eigenvalue weighted by atomic mass is 16.4. The number of nitrogens with zero attached hydrogens (tertiary/aromatic N) is 3. The molecule has 1 amide bonds. The molecular formula is C14H20N4O3. The van der Waals surface area contributed by atoms with Gasteiger partial charge in [-0.3, -0.25) is 19.8 Å². The summed E-state index contributed by atoms with van der Waals surface area (Å²) in [5, 5.41) is 11.3. The second-order valence-corrected chi connectivity index (χ2v) is 5.27. The van der Waals surface area contributed by atoms with E-state index in [9.17, 15) is 9.59 Å². The quantitative estimate of drug-likeness (QED) is 0.812. The third kappa shape index (κ3) is 5.47. The van der Waals surface area contributed by atoms with Gasteiger partial charge >= 0.3 is 5.97 Å². The zero-order valence-electron chi connectivity index (χ0n) is 11.9. The summed E-state index contributed by atoms with van der Waals surface area (Å²) in [7, 11) is 0. The maximum atomic E-state index is 11.9. The number of hydrogen-bond acceptors (Lipinski definition) is 5. The fourth-order valence-electron chi connectivity index (χ4n) is 2.49. The summed E-state index contributed by atoms with van der Waals surface area (Å²) in [5.74, 6) is -0.0819. The molecule has 0 unspecified atom stereocenters. The Morgan fingerprint density at radius 3 is 2.57 bits per heavy atom. The number of anilines is 1. The largest absolute Gasteiger partial charge is 0.481 e. The van der Waals surface area contributed by atoms with Crippen LogP contribution in [0.15, 0.2) is 18.5 Å². The van der Waals surface area contributed by atoms with Gasteiger partial charge in [0.1, 0.15) is 0 Å². The van der Waals surface area contributed by atoms with Crippen LogP contribution in [-0.4, -0.2) is 51.5 Å². The standard InChI is InChI=1S/C14H20N4O3/c19-12(17-14-15-6-1-7-16-14)10-18-8-4-11(5-9-18)2-3-13(20)21/h1,6-7,11H,2-5,8-10H2,(H,20,21)(H,15,16,17,19). The van der Waals surface area contributed by atoms with Crippen LogP contribution < -0.4 is 5.32 Å². The molecule has 1 aliphatic rings. The smallest absolute Gasteiger partial charge is 0.303 e. The first kappa shape index (κ1) is 15.4. The van der Waals surface area contributed by atoms with Crippen molar-refractivity contribution < 1.29 is 14.7 Å². The minimum absolute atomic E-state index is 0.120. The highest BCUT2D eigenvalue weighted by Crippen LogP contribution is 2.21. The number of nitrogens with one attached hydrogen (secondary N) is 1. The van der Waals surface area contributed by atoms with Crippen molar-refractivity contribution in [2.45, 2.75) is 25.7 Å². The van der Waals surface area contributed by atoms with Crippen LogP contribution in [0.25, 0.3) is 0 Å². The number of carboxylic acids is 1. The SMILES string of the molecule is O=C(O)CCC1CCN(CC(=O)Nc2ncccn2)CC1. The van der Waals surface area contributed by atoms with E-state index in [1.807, 2.05) is 0 Å². The molecule has 1 fully saturated rings. The van der Waals surface area contributed by atoms with E-state index >= 15 is 0 Å². The van der Waals surface area contributed by atoms with Crippen molar-refractivity contribution in [2.24, 2.45) is 5.92 Å². The first-order valence-electron chi connectivity index (χ1n) is 7.14. The third-order valence-electron chi connectivity index (χ3n) is 3.66. The second-order valence-electron chi connectivity index (χ2n) is 5.27. The molecule has 1 saturated heterocycles. The van der Waals surface area contributed by atoms with Gasteiger partial charge in [0, 0.05) is 18.8 Å².